The van der Waals surface area contributed by atoms with Crippen molar-refractivity contribution < 1.29 is 9.90 Å². The van der Waals surface area contributed by atoms with Gasteiger partial charge in [-0.05, 0) is 19.4 Å². The lowest BCUT2D eigenvalue weighted by Crippen LogP contribution is -2.32. The van der Waals surface area contributed by atoms with Crippen LogP contribution in [0.5, 0.6) is 0 Å². The van der Waals surface area contributed by atoms with Gasteiger partial charge in [-0.15, -0.1) is 0 Å². The zero-order valence-corrected chi connectivity index (χ0v) is 10.1. The molecule has 0 spiro atoms. The van der Waals surface area contributed by atoms with E-state index in [1.165, 1.54) is 0 Å². The summed E-state index contributed by atoms with van der Waals surface area (Å²) >= 11 is 0. The van der Waals surface area contributed by atoms with E-state index in [9.17, 15) is 4.79 Å². The summed E-state index contributed by atoms with van der Waals surface area (Å²) in [6.45, 7) is 5.89. The van der Waals surface area contributed by atoms with Crippen LogP contribution < -0.4 is 0 Å². The van der Waals surface area contributed by atoms with Crippen LogP contribution in [0.15, 0.2) is 30.3 Å². The summed E-state index contributed by atoms with van der Waals surface area (Å²) in [5, 5.41) is 8.81. The number of rotatable bonds is 8. The molecular weight excluding hydrogens is 214 g/mol. The van der Waals surface area contributed by atoms with Crippen molar-refractivity contribution in [2.45, 2.75) is 12.8 Å². The average molecular weight is 234 g/mol. The third-order valence-electron chi connectivity index (χ3n) is 2.57. The third-order valence-corrected chi connectivity index (χ3v) is 2.57. The van der Waals surface area contributed by atoms with Crippen LogP contribution in [0.25, 0.3) is 0 Å². The molecule has 0 aliphatic rings. The van der Waals surface area contributed by atoms with Gasteiger partial charge in [0, 0.05) is 18.7 Å². The maximum absolute atomic E-state index is 12.0. The largest absolute Gasteiger partial charge is 0.396 e. The molecular formula is C14H20NO2. The summed E-state index contributed by atoms with van der Waals surface area (Å²) in [7, 11) is 0. The molecule has 17 heavy (non-hydrogen) atoms. The molecule has 1 N–H and O–H groups in total. The van der Waals surface area contributed by atoms with Gasteiger partial charge in [-0.25, -0.2) is 0 Å². The highest BCUT2D eigenvalue weighted by Crippen LogP contribution is 2.03. The maximum Gasteiger partial charge on any atom is 0.176 e. The number of carbonyl (C=O) groups is 1. The van der Waals surface area contributed by atoms with E-state index >= 15 is 0 Å². The highest BCUT2D eigenvalue weighted by atomic mass is 16.3. The molecule has 0 unspecified atom stereocenters. The molecule has 0 aromatic heterocycles. The summed E-state index contributed by atoms with van der Waals surface area (Å²) in [6.07, 6.45) is 1.47. The summed E-state index contributed by atoms with van der Waals surface area (Å²) in [5.41, 5.74) is 0.741. The highest BCUT2D eigenvalue weighted by Gasteiger charge is 2.11. The number of nitrogens with zero attached hydrogens (tertiary/aromatic N) is 1. The van der Waals surface area contributed by atoms with Gasteiger partial charge >= 0.3 is 0 Å². The second-order valence-corrected chi connectivity index (χ2v) is 4.00. The molecule has 3 nitrogen and oxygen atoms in total. The number of hydrogen-bond acceptors (Lipinski definition) is 3. The molecule has 0 amide bonds. The Morgan fingerprint density at radius 1 is 1.24 bits per heavy atom. The molecule has 0 aliphatic heterocycles. The first kappa shape index (κ1) is 13.9. The van der Waals surface area contributed by atoms with Crippen molar-refractivity contribution in [2.75, 3.05) is 26.2 Å². The fourth-order valence-corrected chi connectivity index (χ4v) is 1.71. The molecule has 0 bridgehead atoms. The number of aliphatic hydroxyl groups is 1. The Morgan fingerprint density at radius 3 is 2.53 bits per heavy atom. The Kier molecular flexibility index (Phi) is 6.51. The Bertz CT molecular complexity index is 324. The van der Waals surface area contributed by atoms with Crippen LogP contribution in [0.2, 0.25) is 0 Å². The van der Waals surface area contributed by atoms with Gasteiger partial charge in [0.2, 0.25) is 0 Å². The smallest absolute Gasteiger partial charge is 0.176 e. The fraction of sp³-hybridized carbons (Fsp3) is 0.429. The first-order valence-corrected chi connectivity index (χ1v) is 5.98. The van der Waals surface area contributed by atoms with Crippen molar-refractivity contribution in [1.82, 2.24) is 4.90 Å². The molecule has 3 heteroatoms. The van der Waals surface area contributed by atoms with Crippen LogP contribution in [0.3, 0.4) is 0 Å². The minimum Gasteiger partial charge on any atom is -0.396 e. The Labute approximate surface area is 103 Å². The van der Waals surface area contributed by atoms with E-state index < -0.39 is 0 Å². The molecule has 1 radical (unpaired) electrons. The predicted molar refractivity (Wildman–Crippen MR) is 68.9 cm³/mol. The number of hydrogen-bond donors (Lipinski definition) is 1. The molecule has 0 saturated carbocycles. The lowest BCUT2D eigenvalue weighted by atomic mass is 10.1. The van der Waals surface area contributed by atoms with E-state index in [1.54, 1.807) is 0 Å². The first-order valence-electron chi connectivity index (χ1n) is 5.98. The first-order chi connectivity index (χ1) is 8.27. The van der Waals surface area contributed by atoms with Crippen LogP contribution in [0.4, 0.5) is 0 Å². The lowest BCUT2D eigenvalue weighted by molar-refractivity contribution is 0.0925. The van der Waals surface area contributed by atoms with Crippen molar-refractivity contribution in [3.05, 3.63) is 42.8 Å². The second kappa shape index (κ2) is 7.98. The zero-order chi connectivity index (χ0) is 12.5. The second-order valence-electron chi connectivity index (χ2n) is 4.00. The Balaban J connectivity index is 2.51. The summed E-state index contributed by atoms with van der Waals surface area (Å²) in [4.78, 5) is 14.0. The standard InChI is InChI=1S/C14H20NO2/c1-2-9-15(10-6-11-16)12-14(17)13-7-4-3-5-8-13/h3-5,7-8,16H,1-2,6,9-12H2. The van der Waals surface area contributed by atoms with Crippen LogP contribution in [0, 0.1) is 6.92 Å². The quantitative estimate of drug-likeness (QED) is 0.697. The molecule has 0 aliphatic carbocycles. The van der Waals surface area contributed by atoms with Gasteiger partial charge in [-0.1, -0.05) is 37.3 Å². The van der Waals surface area contributed by atoms with E-state index in [-0.39, 0.29) is 12.4 Å². The van der Waals surface area contributed by atoms with E-state index in [2.05, 4.69) is 6.92 Å². The SMILES string of the molecule is [CH2]CCN(CCCO)CC(=O)c1ccccc1. The number of carbonyl (C=O) groups excluding carboxylic acids is 1. The van der Waals surface area contributed by atoms with E-state index in [1.807, 2.05) is 35.2 Å². The normalized spacial score (nSPS) is 10.8. The van der Waals surface area contributed by atoms with Gasteiger partial charge in [-0.3, -0.25) is 9.69 Å². The van der Waals surface area contributed by atoms with E-state index in [4.69, 9.17) is 5.11 Å². The van der Waals surface area contributed by atoms with Crippen molar-refractivity contribution in [3.8, 4) is 0 Å². The highest BCUT2D eigenvalue weighted by molar-refractivity contribution is 5.97. The van der Waals surface area contributed by atoms with Gasteiger partial charge in [0.25, 0.3) is 0 Å². The number of ketones is 1. The Hall–Kier alpha value is -1.19. The zero-order valence-electron chi connectivity index (χ0n) is 10.1. The van der Waals surface area contributed by atoms with Crippen molar-refractivity contribution in [3.63, 3.8) is 0 Å². The molecule has 0 saturated heterocycles. The summed E-state index contributed by atoms with van der Waals surface area (Å²) in [5.74, 6) is 0.122. The maximum atomic E-state index is 12.0. The summed E-state index contributed by atoms with van der Waals surface area (Å²) < 4.78 is 0. The van der Waals surface area contributed by atoms with Crippen LogP contribution in [-0.4, -0.2) is 42.0 Å². The van der Waals surface area contributed by atoms with Gasteiger partial charge in [-0.2, -0.15) is 0 Å². The van der Waals surface area contributed by atoms with Crippen molar-refractivity contribution in [1.29, 1.82) is 0 Å². The summed E-state index contributed by atoms with van der Waals surface area (Å²) in [6, 6.07) is 9.29. The monoisotopic (exact) mass is 234 g/mol. The third kappa shape index (κ3) is 5.11. The predicted octanol–water partition coefficient (Wildman–Crippen LogP) is 1.78. The topological polar surface area (TPSA) is 40.5 Å². The van der Waals surface area contributed by atoms with E-state index in [0.717, 1.165) is 25.1 Å². The van der Waals surface area contributed by atoms with Gasteiger partial charge in [0.1, 0.15) is 0 Å². The van der Waals surface area contributed by atoms with Crippen LogP contribution in [0.1, 0.15) is 23.2 Å². The number of Topliss-reactive ketones (excluding diaryl/α,β-unsaturated/α-hetero) is 1. The van der Waals surface area contributed by atoms with Gasteiger partial charge in [0.05, 0.1) is 6.54 Å². The molecule has 93 valence electrons. The molecule has 0 fully saturated rings. The van der Waals surface area contributed by atoms with Crippen molar-refractivity contribution in [2.24, 2.45) is 0 Å². The fourth-order valence-electron chi connectivity index (χ4n) is 1.71. The van der Waals surface area contributed by atoms with Crippen LogP contribution in [-0.2, 0) is 0 Å². The average Bonchev–Trinajstić information content (AvgIpc) is 2.37. The van der Waals surface area contributed by atoms with Crippen molar-refractivity contribution >= 4 is 5.78 Å². The molecule has 1 aromatic carbocycles. The minimum absolute atomic E-state index is 0.122. The molecule has 0 heterocycles. The lowest BCUT2D eigenvalue weighted by Gasteiger charge is -2.20. The number of aliphatic hydroxyl groups excluding tert-OH is 1. The van der Waals surface area contributed by atoms with E-state index in [0.29, 0.717) is 13.0 Å². The molecule has 1 rings (SSSR count). The Morgan fingerprint density at radius 2 is 1.94 bits per heavy atom. The minimum atomic E-state index is 0.122. The number of benzene rings is 1. The van der Waals surface area contributed by atoms with Gasteiger partial charge < -0.3 is 5.11 Å². The molecule has 1 aromatic rings. The molecule has 0 atom stereocenters. The van der Waals surface area contributed by atoms with Gasteiger partial charge in [0.15, 0.2) is 5.78 Å². The van der Waals surface area contributed by atoms with Crippen LogP contribution >= 0.6 is 0 Å².